The molecule has 0 amide bonds. The third-order valence-electron chi connectivity index (χ3n) is 0.211. The molecule has 60 valence electrons. The maximum absolute atomic E-state index is 9.55. The predicted octanol–water partition coefficient (Wildman–Crippen LogP) is -1.97. The summed E-state index contributed by atoms with van der Waals surface area (Å²) in [6.07, 6.45) is 0. The monoisotopic (exact) mass is 219 g/mol. The zero-order chi connectivity index (χ0) is 7.71. The molecular formula is H5CaNO6S2. The van der Waals surface area contributed by atoms with Crippen LogP contribution in [0.25, 0.3) is 0 Å². The Morgan fingerprint density at radius 1 is 1.00 bits per heavy atom. The Kier molecular flexibility index (Phi) is 5.67. The summed E-state index contributed by atoms with van der Waals surface area (Å²) >= 11 is 0. The van der Waals surface area contributed by atoms with E-state index in [4.69, 9.17) is 9.11 Å². The number of hydrogen-bond donors (Lipinski definition) is 3. The Balaban J connectivity index is -0.000000107. The minimum absolute atomic E-state index is 0. The molecule has 0 saturated carbocycles. The fourth-order valence-corrected chi connectivity index (χ4v) is 1.20. The van der Waals surface area contributed by atoms with Crippen LogP contribution in [0, 0.1) is 0 Å². The Morgan fingerprint density at radius 2 is 1.20 bits per heavy atom. The molecule has 0 aliphatic rings. The fraction of sp³-hybridized carbons (Fsp3) is 0. The van der Waals surface area contributed by atoms with Gasteiger partial charge < -0.3 is 2.85 Å². The normalized spacial score (nSPS) is 12.2. The third-order valence-corrected chi connectivity index (χ3v) is 1.90. The van der Waals surface area contributed by atoms with E-state index < -0.39 is 20.6 Å². The van der Waals surface area contributed by atoms with Gasteiger partial charge in [0.15, 0.2) is 0 Å². The molecule has 0 aliphatic carbocycles. The summed E-state index contributed by atoms with van der Waals surface area (Å²) in [5.74, 6) is 0. The number of rotatable bonds is 2. The molecule has 0 saturated heterocycles. The van der Waals surface area contributed by atoms with Gasteiger partial charge in [0.1, 0.15) is 0 Å². The second-order valence-electron chi connectivity index (χ2n) is 1.03. The summed E-state index contributed by atoms with van der Waals surface area (Å²) in [4.78, 5) is 0. The van der Waals surface area contributed by atoms with Crippen LogP contribution < -0.4 is 4.13 Å². The van der Waals surface area contributed by atoms with Crippen molar-refractivity contribution < 1.29 is 28.8 Å². The molecule has 0 heterocycles. The zero-order valence-corrected chi connectivity index (χ0v) is 8.39. The van der Waals surface area contributed by atoms with Crippen molar-refractivity contribution in [1.29, 1.82) is 0 Å². The Hall–Kier alpha value is 1.04. The largest absolute Gasteiger partial charge is 2.00 e. The Labute approximate surface area is 90.5 Å². The molecule has 0 atom stereocenters. The first kappa shape index (κ1) is 13.6. The van der Waals surface area contributed by atoms with E-state index >= 15 is 0 Å². The van der Waals surface area contributed by atoms with E-state index in [1.54, 1.807) is 0 Å². The Bertz CT molecular complexity index is 249. The third kappa shape index (κ3) is 11.8. The van der Waals surface area contributed by atoms with Gasteiger partial charge in [-0.1, -0.05) is 4.13 Å². The molecule has 7 nitrogen and oxygen atoms in total. The average molecular weight is 219 g/mol. The van der Waals surface area contributed by atoms with Crippen LogP contribution in [0.2, 0.25) is 0 Å². The number of hydrogen-bond acceptors (Lipinski definition) is 4. The first-order chi connectivity index (χ1) is 3.71. The fourth-order valence-electron chi connectivity index (χ4n) is 0.133. The summed E-state index contributed by atoms with van der Waals surface area (Å²) in [5, 5.41) is 0. The van der Waals surface area contributed by atoms with Gasteiger partial charge in [-0.05, 0) is 0 Å². The summed E-state index contributed by atoms with van der Waals surface area (Å²) in [6.45, 7) is 0. The van der Waals surface area contributed by atoms with E-state index in [-0.39, 0.29) is 40.6 Å². The summed E-state index contributed by atoms with van der Waals surface area (Å²) in [6, 6.07) is 0. The maximum Gasteiger partial charge on any atom is 2.00 e. The first-order valence-electron chi connectivity index (χ1n) is 1.44. The second-order valence-corrected chi connectivity index (χ2v) is 3.60. The van der Waals surface area contributed by atoms with Crippen molar-refractivity contribution in [3.8, 4) is 0 Å². The van der Waals surface area contributed by atoms with E-state index in [0.29, 0.717) is 4.13 Å². The first-order valence-corrected chi connectivity index (χ1v) is 4.32. The minimum atomic E-state index is -4.87. The maximum atomic E-state index is 9.55. The summed E-state index contributed by atoms with van der Waals surface area (Å²) < 4.78 is 54.1. The van der Waals surface area contributed by atoms with Crippen molar-refractivity contribution in [2.24, 2.45) is 0 Å². The van der Waals surface area contributed by atoms with Crippen LogP contribution in [-0.4, -0.2) is 63.7 Å². The molecule has 0 unspecified atom stereocenters. The molecule has 0 aliphatic heterocycles. The van der Waals surface area contributed by atoms with Crippen LogP contribution in [0.4, 0.5) is 0 Å². The van der Waals surface area contributed by atoms with E-state index in [0.717, 1.165) is 0 Å². The van der Waals surface area contributed by atoms with E-state index in [1.165, 1.54) is 0 Å². The van der Waals surface area contributed by atoms with Crippen molar-refractivity contribution in [2.75, 3.05) is 0 Å². The molecule has 0 spiro atoms. The van der Waals surface area contributed by atoms with Crippen LogP contribution in [0.1, 0.15) is 2.85 Å². The molecule has 10 heavy (non-hydrogen) atoms. The molecule has 0 bridgehead atoms. The van der Waals surface area contributed by atoms with Crippen molar-refractivity contribution in [3.05, 3.63) is 0 Å². The molecule has 10 heteroatoms. The van der Waals surface area contributed by atoms with Gasteiger partial charge in [0.05, 0.1) is 0 Å². The molecule has 0 fully saturated rings. The smallest absolute Gasteiger partial charge is 1.00 e. The molecule has 0 rings (SSSR count). The average Bonchev–Trinajstić information content (AvgIpc) is 1.14. The second kappa shape index (κ2) is 4.16. The molecule has 3 N–H and O–H groups in total. The van der Waals surface area contributed by atoms with Gasteiger partial charge in [0.25, 0.3) is 0 Å². The van der Waals surface area contributed by atoms with Crippen molar-refractivity contribution >= 4 is 58.3 Å². The van der Waals surface area contributed by atoms with Crippen LogP contribution in [0.5, 0.6) is 0 Å². The van der Waals surface area contributed by atoms with E-state index in [9.17, 15) is 16.8 Å². The molecule has 0 aromatic rings. The van der Waals surface area contributed by atoms with Gasteiger partial charge in [0, 0.05) is 0 Å². The van der Waals surface area contributed by atoms with Gasteiger partial charge in [0.2, 0.25) is 0 Å². The number of nitrogens with one attached hydrogen (secondary N) is 1. The standard InChI is InChI=1S/Ca.H3NO6S2.2H/c;2-8(3,4)1-9(5,6)7;;/h;1H,(H,2,3,4)(H,5,6,7);;/q+2;;2*-1. The SMILES string of the molecule is O=S(=O)(O)NS(=O)(=O)O.[Ca+2].[H-].[H-]. The van der Waals surface area contributed by atoms with Crippen LogP contribution in [0.3, 0.4) is 0 Å². The van der Waals surface area contributed by atoms with Crippen molar-refractivity contribution in [3.63, 3.8) is 0 Å². The van der Waals surface area contributed by atoms with E-state index in [2.05, 4.69) is 0 Å². The zero-order valence-electron chi connectivity index (χ0n) is 6.55. The minimum Gasteiger partial charge on any atom is -1.00 e. The van der Waals surface area contributed by atoms with Gasteiger partial charge in [-0.25, -0.2) is 0 Å². The predicted molar refractivity (Wildman–Crippen MR) is 34.2 cm³/mol. The summed E-state index contributed by atoms with van der Waals surface area (Å²) in [5.41, 5.74) is 0. The molecule has 0 radical (unpaired) electrons. The van der Waals surface area contributed by atoms with Crippen LogP contribution >= 0.6 is 0 Å². The topological polar surface area (TPSA) is 121 Å². The summed E-state index contributed by atoms with van der Waals surface area (Å²) in [7, 11) is -9.74. The molecular weight excluding hydrogens is 214 g/mol. The van der Waals surface area contributed by atoms with E-state index in [1.807, 2.05) is 0 Å². The van der Waals surface area contributed by atoms with Crippen LogP contribution in [0.15, 0.2) is 0 Å². The van der Waals surface area contributed by atoms with Crippen molar-refractivity contribution in [2.45, 2.75) is 0 Å². The van der Waals surface area contributed by atoms with Gasteiger partial charge >= 0.3 is 58.3 Å². The van der Waals surface area contributed by atoms with Gasteiger partial charge in [-0.2, -0.15) is 16.8 Å². The van der Waals surface area contributed by atoms with Crippen molar-refractivity contribution in [1.82, 2.24) is 4.13 Å². The van der Waals surface area contributed by atoms with Gasteiger partial charge in [-0.15, -0.1) is 0 Å². The van der Waals surface area contributed by atoms with Gasteiger partial charge in [-0.3, -0.25) is 9.11 Å². The molecule has 0 aromatic heterocycles. The molecule has 0 aromatic carbocycles. The Morgan fingerprint density at radius 3 is 1.20 bits per heavy atom. The quantitative estimate of drug-likeness (QED) is 0.366. The van der Waals surface area contributed by atoms with Crippen LogP contribution in [-0.2, 0) is 20.6 Å².